The van der Waals surface area contributed by atoms with Crippen molar-refractivity contribution in [3.8, 4) is 0 Å². The van der Waals surface area contributed by atoms with E-state index in [0.717, 1.165) is 30.3 Å². The average molecular weight is 333 g/mol. The Balaban J connectivity index is 2.01. The molecule has 0 aliphatic rings. The fourth-order valence-corrected chi connectivity index (χ4v) is 1.79. The second-order valence-corrected chi connectivity index (χ2v) is 4.69. The first-order chi connectivity index (χ1) is 10.3. The third-order valence-corrected chi connectivity index (χ3v) is 2.94. The highest BCUT2D eigenvalue weighted by Gasteiger charge is 2.29. The molecule has 0 aromatic heterocycles. The van der Waals surface area contributed by atoms with Crippen LogP contribution in [0.4, 0.5) is 33.7 Å². The minimum Gasteiger partial charge on any atom is -0.308 e. The van der Waals surface area contributed by atoms with E-state index in [2.05, 4.69) is 10.6 Å². The molecule has 3 nitrogen and oxygen atoms in total. The van der Waals surface area contributed by atoms with Gasteiger partial charge in [-0.05, 0) is 42.5 Å². The number of carbonyl (C=O) groups excluding carboxylic acids is 1. The molecule has 0 atom stereocenters. The molecule has 2 amide bonds. The topological polar surface area (TPSA) is 41.1 Å². The molecule has 0 aliphatic heterocycles. The predicted octanol–water partition coefficient (Wildman–Crippen LogP) is 5.14. The fraction of sp³-hybridized carbons (Fsp3) is 0.0714. The van der Waals surface area contributed by atoms with Gasteiger partial charge in [-0.25, -0.2) is 9.18 Å². The summed E-state index contributed by atoms with van der Waals surface area (Å²) in [6.45, 7) is 0. The van der Waals surface area contributed by atoms with E-state index in [9.17, 15) is 22.4 Å². The van der Waals surface area contributed by atoms with Crippen LogP contribution in [0.25, 0.3) is 0 Å². The molecule has 0 spiro atoms. The van der Waals surface area contributed by atoms with Gasteiger partial charge in [0.25, 0.3) is 0 Å². The smallest absolute Gasteiger partial charge is 0.308 e. The third-order valence-electron chi connectivity index (χ3n) is 2.65. The Morgan fingerprint density at radius 3 is 2.05 bits per heavy atom. The number of nitrogens with one attached hydrogen (secondary N) is 2. The molecule has 0 radical (unpaired) electrons. The van der Waals surface area contributed by atoms with Crippen LogP contribution in [0.2, 0.25) is 5.02 Å². The molecule has 22 heavy (non-hydrogen) atoms. The van der Waals surface area contributed by atoms with Crippen molar-refractivity contribution in [2.24, 2.45) is 0 Å². The SMILES string of the molecule is O=C(Nc1ccc(C(F)(F)F)cc1)Nc1ccc(F)c(Cl)c1. The molecule has 2 aromatic carbocycles. The summed E-state index contributed by atoms with van der Waals surface area (Å²) in [7, 11) is 0. The Morgan fingerprint density at radius 2 is 1.50 bits per heavy atom. The van der Waals surface area contributed by atoms with Crippen LogP contribution >= 0.6 is 11.6 Å². The normalized spacial score (nSPS) is 11.1. The monoisotopic (exact) mass is 332 g/mol. The number of hydrogen-bond donors (Lipinski definition) is 2. The van der Waals surface area contributed by atoms with E-state index in [1.807, 2.05) is 0 Å². The summed E-state index contributed by atoms with van der Waals surface area (Å²) >= 11 is 5.56. The van der Waals surface area contributed by atoms with Gasteiger partial charge in [-0.1, -0.05) is 11.6 Å². The molecular formula is C14H9ClF4N2O. The summed E-state index contributed by atoms with van der Waals surface area (Å²) < 4.78 is 50.2. The molecule has 2 rings (SSSR count). The van der Waals surface area contributed by atoms with Crippen molar-refractivity contribution in [3.63, 3.8) is 0 Å². The van der Waals surface area contributed by atoms with E-state index in [4.69, 9.17) is 11.6 Å². The Kier molecular flexibility index (Phi) is 4.56. The Labute approximate surface area is 127 Å². The Bertz CT molecular complexity index is 686. The quantitative estimate of drug-likeness (QED) is 0.734. The maximum absolute atomic E-state index is 13.0. The maximum Gasteiger partial charge on any atom is 0.416 e. The Morgan fingerprint density at radius 1 is 0.955 bits per heavy atom. The first-order valence-corrected chi connectivity index (χ1v) is 6.34. The third kappa shape index (κ3) is 4.11. The lowest BCUT2D eigenvalue weighted by molar-refractivity contribution is -0.137. The molecule has 0 bridgehead atoms. The van der Waals surface area contributed by atoms with Crippen LogP contribution in [-0.2, 0) is 6.18 Å². The number of alkyl halides is 3. The first kappa shape index (κ1) is 16.1. The van der Waals surface area contributed by atoms with Gasteiger partial charge in [0, 0.05) is 11.4 Å². The van der Waals surface area contributed by atoms with Gasteiger partial charge in [0.15, 0.2) is 0 Å². The minimum absolute atomic E-state index is 0.160. The number of urea groups is 1. The second kappa shape index (κ2) is 6.23. The molecule has 0 saturated heterocycles. The molecule has 116 valence electrons. The van der Waals surface area contributed by atoms with E-state index >= 15 is 0 Å². The summed E-state index contributed by atoms with van der Waals surface area (Å²) in [4.78, 5) is 11.7. The van der Waals surface area contributed by atoms with E-state index in [1.54, 1.807) is 0 Å². The molecule has 0 fully saturated rings. The zero-order chi connectivity index (χ0) is 16.3. The van der Waals surface area contributed by atoms with E-state index in [-0.39, 0.29) is 16.4 Å². The van der Waals surface area contributed by atoms with Crippen LogP contribution < -0.4 is 10.6 Å². The van der Waals surface area contributed by atoms with Crippen molar-refractivity contribution < 1.29 is 22.4 Å². The summed E-state index contributed by atoms with van der Waals surface area (Å²) in [5.41, 5.74) is -0.390. The lowest BCUT2D eigenvalue weighted by Crippen LogP contribution is -2.19. The number of halogens is 5. The maximum atomic E-state index is 13.0. The van der Waals surface area contributed by atoms with Crippen LogP contribution in [0.1, 0.15) is 5.56 Å². The number of benzene rings is 2. The van der Waals surface area contributed by atoms with Gasteiger partial charge in [0.2, 0.25) is 0 Å². The minimum atomic E-state index is -4.44. The summed E-state index contributed by atoms with van der Waals surface area (Å²) in [6, 6.07) is 6.85. The van der Waals surface area contributed by atoms with Crippen LogP contribution in [0.5, 0.6) is 0 Å². The number of anilines is 2. The van der Waals surface area contributed by atoms with Crippen molar-refractivity contribution in [3.05, 3.63) is 58.9 Å². The van der Waals surface area contributed by atoms with Crippen molar-refractivity contribution in [2.45, 2.75) is 6.18 Å². The molecule has 0 heterocycles. The Hall–Kier alpha value is -2.28. The second-order valence-electron chi connectivity index (χ2n) is 4.28. The highest BCUT2D eigenvalue weighted by Crippen LogP contribution is 2.29. The highest BCUT2D eigenvalue weighted by molar-refractivity contribution is 6.31. The summed E-state index contributed by atoms with van der Waals surface area (Å²) in [5, 5.41) is 4.57. The first-order valence-electron chi connectivity index (χ1n) is 5.96. The van der Waals surface area contributed by atoms with Crippen LogP contribution in [0, 0.1) is 5.82 Å². The number of amides is 2. The molecule has 2 aromatic rings. The van der Waals surface area contributed by atoms with Crippen molar-refractivity contribution in [2.75, 3.05) is 10.6 Å². The molecular weight excluding hydrogens is 324 g/mol. The number of rotatable bonds is 2. The lowest BCUT2D eigenvalue weighted by atomic mass is 10.2. The van der Waals surface area contributed by atoms with Gasteiger partial charge >= 0.3 is 12.2 Å². The highest BCUT2D eigenvalue weighted by atomic mass is 35.5. The van der Waals surface area contributed by atoms with E-state index < -0.39 is 23.6 Å². The summed E-state index contributed by atoms with van der Waals surface area (Å²) in [5.74, 6) is -0.629. The molecule has 0 unspecified atom stereocenters. The zero-order valence-electron chi connectivity index (χ0n) is 10.8. The van der Waals surface area contributed by atoms with Crippen LogP contribution in [-0.4, -0.2) is 6.03 Å². The molecule has 2 N–H and O–H groups in total. The van der Waals surface area contributed by atoms with Crippen LogP contribution in [0.3, 0.4) is 0 Å². The molecule has 0 saturated carbocycles. The standard InChI is InChI=1S/C14H9ClF4N2O/c15-11-7-10(5-6-12(11)16)21-13(22)20-9-3-1-8(2-4-9)14(17,18)19/h1-7H,(H2,20,21,22). The lowest BCUT2D eigenvalue weighted by Gasteiger charge is -2.10. The largest absolute Gasteiger partial charge is 0.416 e. The van der Waals surface area contributed by atoms with Gasteiger partial charge in [-0.15, -0.1) is 0 Å². The average Bonchev–Trinajstić information content (AvgIpc) is 2.42. The molecule has 0 aliphatic carbocycles. The van der Waals surface area contributed by atoms with Crippen molar-refractivity contribution in [1.29, 1.82) is 0 Å². The van der Waals surface area contributed by atoms with Gasteiger partial charge in [0.05, 0.1) is 10.6 Å². The van der Waals surface area contributed by atoms with E-state index in [0.29, 0.717) is 0 Å². The number of carbonyl (C=O) groups is 1. The van der Waals surface area contributed by atoms with Gasteiger partial charge in [0.1, 0.15) is 5.82 Å². The van der Waals surface area contributed by atoms with Gasteiger partial charge < -0.3 is 10.6 Å². The van der Waals surface area contributed by atoms with Crippen molar-refractivity contribution >= 4 is 29.0 Å². The zero-order valence-corrected chi connectivity index (χ0v) is 11.6. The van der Waals surface area contributed by atoms with Crippen molar-refractivity contribution in [1.82, 2.24) is 0 Å². The van der Waals surface area contributed by atoms with Gasteiger partial charge in [-0.2, -0.15) is 13.2 Å². The fourth-order valence-electron chi connectivity index (χ4n) is 1.61. The van der Waals surface area contributed by atoms with Gasteiger partial charge in [-0.3, -0.25) is 0 Å². The summed E-state index contributed by atoms with van der Waals surface area (Å²) in [6.07, 6.45) is -4.44. The van der Waals surface area contributed by atoms with E-state index in [1.165, 1.54) is 12.1 Å². The molecule has 8 heteroatoms. The predicted molar refractivity (Wildman–Crippen MR) is 75.5 cm³/mol. The number of hydrogen-bond acceptors (Lipinski definition) is 1. The van der Waals surface area contributed by atoms with Crippen LogP contribution in [0.15, 0.2) is 42.5 Å².